The number of halogens is 6. The van der Waals surface area contributed by atoms with Crippen LogP contribution >= 0.6 is 0 Å². The Kier molecular flexibility index (Phi) is 3.06. The van der Waals surface area contributed by atoms with Crippen LogP contribution in [0.1, 0.15) is 19.3 Å². The lowest BCUT2D eigenvalue weighted by Gasteiger charge is -2.47. The average molecular weight is 340 g/mol. The Morgan fingerprint density at radius 3 is 1.91 bits per heavy atom. The summed E-state index contributed by atoms with van der Waals surface area (Å²) < 4.78 is 85.4. The fourth-order valence-corrected chi connectivity index (χ4v) is 6.45. The third kappa shape index (κ3) is 1.75. The van der Waals surface area contributed by atoms with Crippen molar-refractivity contribution in [2.24, 2.45) is 41.4 Å². The molecule has 0 saturated heterocycles. The van der Waals surface area contributed by atoms with Gasteiger partial charge in [-0.15, -0.1) is 0 Å². The van der Waals surface area contributed by atoms with Gasteiger partial charge in [0, 0.05) is 13.0 Å². The fourth-order valence-electron chi connectivity index (χ4n) is 6.45. The number of allylic oxidation sites excluding steroid dienone is 2. The van der Waals surface area contributed by atoms with Crippen LogP contribution in [0.5, 0.6) is 0 Å². The van der Waals surface area contributed by atoms with Gasteiger partial charge in [-0.2, -0.15) is 26.3 Å². The third-order valence-corrected chi connectivity index (χ3v) is 6.96. The molecule has 23 heavy (non-hydrogen) atoms. The number of ether oxygens (including phenoxy) is 1. The van der Waals surface area contributed by atoms with Crippen molar-refractivity contribution in [3.05, 3.63) is 12.2 Å². The lowest BCUT2D eigenvalue weighted by molar-refractivity contribution is -0.397. The van der Waals surface area contributed by atoms with Crippen molar-refractivity contribution >= 4 is 0 Å². The third-order valence-electron chi connectivity index (χ3n) is 6.96. The maximum absolute atomic E-state index is 13.5. The molecule has 0 radical (unpaired) electrons. The first-order valence-corrected chi connectivity index (χ1v) is 7.98. The number of hydrogen-bond acceptors (Lipinski definition) is 1. The summed E-state index contributed by atoms with van der Waals surface area (Å²) >= 11 is 0. The predicted octanol–water partition coefficient (Wildman–Crippen LogP) is 4.59. The zero-order valence-corrected chi connectivity index (χ0v) is 12.5. The molecule has 4 aliphatic carbocycles. The van der Waals surface area contributed by atoms with Crippen LogP contribution < -0.4 is 0 Å². The van der Waals surface area contributed by atoms with Gasteiger partial charge in [-0.1, -0.05) is 12.2 Å². The molecule has 130 valence electrons. The molecular formula is C16H18F6O. The van der Waals surface area contributed by atoms with Crippen LogP contribution in [0.25, 0.3) is 0 Å². The average Bonchev–Trinajstić information content (AvgIpc) is 3.15. The van der Waals surface area contributed by atoms with E-state index in [2.05, 4.69) is 10.8 Å². The molecule has 0 aromatic rings. The van der Waals surface area contributed by atoms with Crippen LogP contribution in [0, 0.1) is 41.4 Å². The number of alkyl halides is 6. The summed E-state index contributed by atoms with van der Waals surface area (Å²) in [6, 6.07) is 0. The molecule has 0 amide bonds. The molecule has 0 aromatic carbocycles. The Bertz CT molecular complexity index is 522. The minimum atomic E-state index is -5.46. The van der Waals surface area contributed by atoms with Crippen LogP contribution in [0.2, 0.25) is 0 Å². The van der Waals surface area contributed by atoms with E-state index in [0.29, 0.717) is 19.4 Å². The lowest BCUT2D eigenvalue weighted by Crippen LogP contribution is -2.64. The van der Waals surface area contributed by atoms with Gasteiger partial charge in [0.05, 0.1) is 0 Å². The Hall–Kier alpha value is -0.720. The molecule has 0 heterocycles. The van der Waals surface area contributed by atoms with Gasteiger partial charge in [-0.3, -0.25) is 0 Å². The van der Waals surface area contributed by atoms with Crippen LogP contribution in [-0.4, -0.2) is 25.1 Å². The summed E-state index contributed by atoms with van der Waals surface area (Å²) in [6.07, 6.45) is -5.47. The summed E-state index contributed by atoms with van der Waals surface area (Å²) in [5.74, 6) is -1.35. The molecule has 7 heteroatoms. The molecule has 3 fully saturated rings. The SMILES string of the molecule is COC(C1CC2CC1C1C3C=CC(C3)C21)(C(F)(F)F)C(F)(F)F. The van der Waals surface area contributed by atoms with Crippen molar-refractivity contribution < 1.29 is 31.1 Å². The van der Waals surface area contributed by atoms with E-state index < -0.39 is 29.8 Å². The maximum Gasteiger partial charge on any atom is 0.426 e. The van der Waals surface area contributed by atoms with Gasteiger partial charge < -0.3 is 4.74 Å². The van der Waals surface area contributed by atoms with E-state index in [4.69, 9.17) is 0 Å². The Morgan fingerprint density at radius 1 is 0.826 bits per heavy atom. The van der Waals surface area contributed by atoms with E-state index in [1.165, 1.54) is 0 Å². The van der Waals surface area contributed by atoms with E-state index in [-0.39, 0.29) is 30.1 Å². The molecule has 4 aliphatic rings. The standard InChI is InChI=1S/C16H18F6O/c1-23-14(15(17,18)19,16(20,21)22)11-6-9-5-10(11)13-8-3-2-7(4-8)12(9)13/h2-3,7-13H,4-6H2,1H3. The Labute approximate surface area is 130 Å². The molecule has 0 N–H and O–H groups in total. The lowest BCUT2D eigenvalue weighted by atomic mass is 9.64. The molecule has 4 rings (SSSR count). The number of methoxy groups -OCH3 is 1. The number of hydrogen-bond donors (Lipinski definition) is 0. The summed E-state index contributed by atoms with van der Waals surface area (Å²) in [5, 5.41) is 0. The summed E-state index contributed by atoms with van der Waals surface area (Å²) in [7, 11) is 0.547. The van der Waals surface area contributed by atoms with Gasteiger partial charge in [-0.25, -0.2) is 0 Å². The molecule has 0 spiro atoms. The van der Waals surface area contributed by atoms with Gasteiger partial charge in [0.25, 0.3) is 5.60 Å². The molecular weight excluding hydrogens is 322 g/mol. The van der Waals surface area contributed by atoms with Crippen LogP contribution in [0.3, 0.4) is 0 Å². The molecule has 7 atom stereocenters. The molecule has 0 aliphatic heterocycles. The maximum atomic E-state index is 13.5. The second-order valence-electron chi connectivity index (χ2n) is 7.54. The highest BCUT2D eigenvalue weighted by molar-refractivity contribution is 5.23. The second-order valence-corrected chi connectivity index (χ2v) is 7.54. The van der Waals surface area contributed by atoms with Crippen LogP contribution in [0.4, 0.5) is 26.3 Å². The first kappa shape index (κ1) is 15.8. The topological polar surface area (TPSA) is 9.23 Å². The van der Waals surface area contributed by atoms with Crippen LogP contribution in [-0.2, 0) is 4.74 Å². The highest BCUT2D eigenvalue weighted by Gasteiger charge is 2.79. The largest absolute Gasteiger partial charge is 0.426 e. The fraction of sp³-hybridized carbons (Fsp3) is 0.875. The summed E-state index contributed by atoms with van der Waals surface area (Å²) in [6.45, 7) is 0. The van der Waals surface area contributed by atoms with E-state index >= 15 is 0 Å². The minimum absolute atomic E-state index is 0.0320. The molecule has 1 nitrogen and oxygen atoms in total. The number of rotatable bonds is 2. The second kappa shape index (κ2) is 4.46. The van der Waals surface area contributed by atoms with Crippen molar-refractivity contribution in [2.45, 2.75) is 37.2 Å². The summed E-state index contributed by atoms with van der Waals surface area (Å²) in [4.78, 5) is 0. The van der Waals surface area contributed by atoms with Gasteiger partial charge in [0.1, 0.15) is 0 Å². The predicted molar refractivity (Wildman–Crippen MR) is 69.3 cm³/mol. The number of fused-ring (bicyclic) bond motifs is 9. The van der Waals surface area contributed by atoms with E-state index in [9.17, 15) is 26.3 Å². The summed E-state index contributed by atoms with van der Waals surface area (Å²) in [5.41, 5.74) is -4.03. The van der Waals surface area contributed by atoms with E-state index in [1.54, 1.807) is 0 Å². The highest BCUT2D eigenvalue weighted by atomic mass is 19.4. The highest BCUT2D eigenvalue weighted by Crippen LogP contribution is 2.71. The zero-order chi connectivity index (χ0) is 16.8. The first-order valence-electron chi connectivity index (χ1n) is 7.98. The smallest absolute Gasteiger partial charge is 0.361 e. The Balaban J connectivity index is 1.74. The molecule has 7 unspecified atom stereocenters. The molecule has 3 saturated carbocycles. The first-order chi connectivity index (χ1) is 10.6. The molecule has 0 aromatic heterocycles. The monoisotopic (exact) mass is 340 g/mol. The van der Waals surface area contributed by atoms with E-state index in [1.807, 2.05) is 6.08 Å². The van der Waals surface area contributed by atoms with E-state index in [0.717, 1.165) is 6.42 Å². The zero-order valence-electron chi connectivity index (χ0n) is 12.5. The van der Waals surface area contributed by atoms with Gasteiger partial charge >= 0.3 is 12.4 Å². The normalized spacial score (nSPS) is 45.1. The van der Waals surface area contributed by atoms with Gasteiger partial charge in [0.15, 0.2) is 0 Å². The van der Waals surface area contributed by atoms with Crippen molar-refractivity contribution in [3.63, 3.8) is 0 Å². The van der Waals surface area contributed by atoms with Crippen molar-refractivity contribution in [3.8, 4) is 0 Å². The Morgan fingerprint density at radius 2 is 1.39 bits per heavy atom. The quantitative estimate of drug-likeness (QED) is 0.406. The minimum Gasteiger partial charge on any atom is -0.361 e. The van der Waals surface area contributed by atoms with Crippen molar-refractivity contribution in [1.29, 1.82) is 0 Å². The van der Waals surface area contributed by atoms with Crippen molar-refractivity contribution in [1.82, 2.24) is 0 Å². The van der Waals surface area contributed by atoms with Crippen molar-refractivity contribution in [2.75, 3.05) is 7.11 Å². The van der Waals surface area contributed by atoms with Crippen LogP contribution in [0.15, 0.2) is 12.2 Å². The molecule has 4 bridgehead atoms. The van der Waals surface area contributed by atoms with Gasteiger partial charge in [0.2, 0.25) is 0 Å². The van der Waals surface area contributed by atoms with Gasteiger partial charge in [-0.05, 0) is 54.8 Å².